The second-order valence-corrected chi connectivity index (χ2v) is 6.39. The lowest BCUT2D eigenvalue weighted by Crippen LogP contribution is -2.37. The summed E-state index contributed by atoms with van der Waals surface area (Å²) in [4.78, 5) is 17.3. The normalized spacial score (nSPS) is 18.2. The monoisotopic (exact) mass is 297 g/mol. The fraction of sp³-hybridized carbons (Fsp3) is 0.714. The summed E-state index contributed by atoms with van der Waals surface area (Å²) < 4.78 is 5.51. The Bertz CT molecular complexity index is 442. The van der Waals surface area contributed by atoms with Crippen LogP contribution in [-0.2, 0) is 11.2 Å². The maximum absolute atomic E-state index is 11.6. The zero-order valence-corrected chi connectivity index (χ0v) is 13.0. The third kappa shape index (κ3) is 4.76. The fourth-order valence-electron chi connectivity index (χ4n) is 2.38. The summed E-state index contributed by atoms with van der Waals surface area (Å²) in [6.07, 6.45) is 4.34. The molecule has 0 unspecified atom stereocenters. The topological polar surface area (TPSA) is 63.2 Å². The van der Waals surface area contributed by atoms with Crippen LogP contribution >= 0.6 is 11.3 Å². The number of rotatable bonds is 6. The van der Waals surface area contributed by atoms with E-state index in [-0.39, 0.29) is 6.03 Å². The van der Waals surface area contributed by atoms with E-state index in [4.69, 9.17) is 4.74 Å². The number of hydrogen-bond donors (Lipinski definition) is 2. The molecule has 1 aliphatic heterocycles. The van der Waals surface area contributed by atoms with E-state index in [9.17, 15) is 4.79 Å². The Morgan fingerprint density at radius 1 is 1.40 bits per heavy atom. The Labute approximate surface area is 124 Å². The lowest BCUT2D eigenvalue weighted by Gasteiger charge is -2.10. The van der Waals surface area contributed by atoms with Crippen molar-refractivity contribution in [2.24, 2.45) is 0 Å². The second-order valence-electron chi connectivity index (χ2n) is 5.10. The lowest BCUT2D eigenvalue weighted by molar-refractivity contribution is 0.104. The summed E-state index contributed by atoms with van der Waals surface area (Å²) in [6, 6.07) is -0.0955. The van der Waals surface area contributed by atoms with Crippen molar-refractivity contribution in [2.75, 3.05) is 19.7 Å². The van der Waals surface area contributed by atoms with Crippen molar-refractivity contribution >= 4 is 17.4 Å². The Morgan fingerprint density at radius 3 is 2.85 bits per heavy atom. The minimum absolute atomic E-state index is 0.0955. The molecule has 1 saturated heterocycles. The average Bonchev–Trinajstić information content (AvgIpc) is 3.00. The Kier molecular flexibility index (Phi) is 5.79. The molecule has 0 aliphatic carbocycles. The van der Waals surface area contributed by atoms with Crippen LogP contribution in [0.25, 0.3) is 0 Å². The van der Waals surface area contributed by atoms with Crippen molar-refractivity contribution in [2.45, 2.75) is 45.6 Å². The molecule has 0 spiro atoms. The fourth-order valence-corrected chi connectivity index (χ4v) is 3.31. The highest BCUT2D eigenvalue weighted by Crippen LogP contribution is 2.17. The maximum Gasteiger partial charge on any atom is 0.314 e. The minimum atomic E-state index is -0.0955. The number of urea groups is 1. The standard InChI is InChI=1S/C14H23N3O2S/c1-10-13(20-11(2)17-10)6-8-16-14(18)15-7-5-12-4-3-9-19-12/h12H,3-9H2,1-2H3,(H2,15,16,18)/t12-/m1/s1. The lowest BCUT2D eigenvalue weighted by atomic mass is 10.2. The van der Waals surface area contributed by atoms with Crippen LogP contribution in [0.5, 0.6) is 0 Å². The van der Waals surface area contributed by atoms with Gasteiger partial charge in [-0.3, -0.25) is 0 Å². The zero-order valence-electron chi connectivity index (χ0n) is 12.2. The molecule has 20 heavy (non-hydrogen) atoms. The van der Waals surface area contributed by atoms with Gasteiger partial charge in [-0.15, -0.1) is 11.3 Å². The molecule has 112 valence electrons. The molecule has 1 aliphatic rings. The zero-order chi connectivity index (χ0) is 14.4. The third-order valence-electron chi connectivity index (χ3n) is 3.41. The van der Waals surface area contributed by atoms with Gasteiger partial charge in [0, 0.05) is 31.0 Å². The third-order valence-corrected chi connectivity index (χ3v) is 4.55. The summed E-state index contributed by atoms with van der Waals surface area (Å²) in [6.45, 7) is 6.21. The summed E-state index contributed by atoms with van der Waals surface area (Å²) in [5.74, 6) is 0. The molecule has 2 N–H and O–H groups in total. The van der Waals surface area contributed by atoms with Crippen LogP contribution in [-0.4, -0.2) is 36.8 Å². The van der Waals surface area contributed by atoms with E-state index in [1.165, 1.54) is 4.88 Å². The largest absolute Gasteiger partial charge is 0.378 e. The van der Waals surface area contributed by atoms with Crippen LogP contribution in [0.4, 0.5) is 4.79 Å². The van der Waals surface area contributed by atoms with Crippen LogP contribution in [0.1, 0.15) is 34.8 Å². The molecule has 0 radical (unpaired) electrons. The molecule has 1 aromatic rings. The van der Waals surface area contributed by atoms with Crippen molar-refractivity contribution < 1.29 is 9.53 Å². The summed E-state index contributed by atoms with van der Waals surface area (Å²) in [7, 11) is 0. The molecule has 0 bridgehead atoms. The number of carbonyl (C=O) groups excluding carboxylic acids is 1. The molecule has 2 amide bonds. The van der Waals surface area contributed by atoms with Gasteiger partial charge in [0.1, 0.15) is 0 Å². The predicted molar refractivity (Wildman–Crippen MR) is 80.3 cm³/mol. The second kappa shape index (κ2) is 7.59. The van der Waals surface area contributed by atoms with Crippen LogP contribution < -0.4 is 10.6 Å². The molecular weight excluding hydrogens is 274 g/mol. The first-order chi connectivity index (χ1) is 9.65. The molecule has 1 fully saturated rings. The van der Waals surface area contributed by atoms with E-state index in [1.807, 2.05) is 13.8 Å². The number of hydrogen-bond acceptors (Lipinski definition) is 4. The molecular formula is C14H23N3O2S. The van der Waals surface area contributed by atoms with Gasteiger partial charge in [-0.05, 0) is 33.1 Å². The number of ether oxygens (including phenoxy) is 1. The number of nitrogens with one attached hydrogen (secondary N) is 2. The molecule has 0 aromatic carbocycles. The Balaban J connectivity index is 1.56. The highest BCUT2D eigenvalue weighted by molar-refractivity contribution is 7.11. The van der Waals surface area contributed by atoms with E-state index in [0.29, 0.717) is 19.2 Å². The van der Waals surface area contributed by atoms with E-state index < -0.39 is 0 Å². The molecule has 6 heteroatoms. The molecule has 0 saturated carbocycles. The van der Waals surface area contributed by atoms with Crippen molar-refractivity contribution in [3.8, 4) is 0 Å². The summed E-state index contributed by atoms with van der Waals surface area (Å²) in [5.41, 5.74) is 1.08. The van der Waals surface area contributed by atoms with Gasteiger partial charge in [-0.25, -0.2) is 9.78 Å². The number of thiazole rings is 1. The Morgan fingerprint density at radius 2 is 2.20 bits per heavy atom. The SMILES string of the molecule is Cc1nc(C)c(CCNC(=O)NCC[C@H]2CCCO2)s1. The van der Waals surface area contributed by atoms with E-state index in [2.05, 4.69) is 15.6 Å². The minimum Gasteiger partial charge on any atom is -0.378 e. The van der Waals surface area contributed by atoms with Crippen LogP contribution in [0.2, 0.25) is 0 Å². The number of amides is 2. The summed E-state index contributed by atoms with van der Waals surface area (Å²) >= 11 is 1.70. The van der Waals surface area contributed by atoms with Crippen LogP contribution in [0.3, 0.4) is 0 Å². The van der Waals surface area contributed by atoms with Crippen LogP contribution in [0.15, 0.2) is 0 Å². The summed E-state index contributed by atoms with van der Waals surface area (Å²) in [5, 5.41) is 6.84. The van der Waals surface area contributed by atoms with Crippen molar-refractivity contribution in [3.05, 3.63) is 15.6 Å². The smallest absolute Gasteiger partial charge is 0.314 e. The molecule has 5 nitrogen and oxygen atoms in total. The van der Waals surface area contributed by atoms with Gasteiger partial charge in [-0.1, -0.05) is 0 Å². The number of carbonyl (C=O) groups is 1. The molecule has 1 aromatic heterocycles. The average molecular weight is 297 g/mol. The molecule has 1 atom stereocenters. The number of aromatic nitrogens is 1. The highest BCUT2D eigenvalue weighted by atomic mass is 32.1. The van der Waals surface area contributed by atoms with Crippen molar-refractivity contribution in [1.29, 1.82) is 0 Å². The molecule has 2 rings (SSSR count). The van der Waals surface area contributed by atoms with Gasteiger partial charge in [0.15, 0.2) is 0 Å². The van der Waals surface area contributed by atoms with Gasteiger partial charge in [0.05, 0.1) is 16.8 Å². The van der Waals surface area contributed by atoms with Gasteiger partial charge in [0.25, 0.3) is 0 Å². The molecule has 2 heterocycles. The van der Waals surface area contributed by atoms with E-state index in [0.717, 1.165) is 43.0 Å². The van der Waals surface area contributed by atoms with E-state index in [1.54, 1.807) is 11.3 Å². The maximum atomic E-state index is 11.6. The predicted octanol–water partition coefficient (Wildman–Crippen LogP) is 2.17. The van der Waals surface area contributed by atoms with Crippen molar-refractivity contribution in [1.82, 2.24) is 15.6 Å². The van der Waals surface area contributed by atoms with Gasteiger partial charge >= 0.3 is 6.03 Å². The van der Waals surface area contributed by atoms with Gasteiger partial charge < -0.3 is 15.4 Å². The first-order valence-electron chi connectivity index (χ1n) is 7.21. The first-order valence-corrected chi connectivity index (χ1v) is 8.03. The number of aryl methyl sites for hydroxylation is 2. The first kappa shape index (κ1) is 15.3. The van der Waals surface area contributed by atoms with Gasteiger partial charge in [-0.2, -0.15) is 0 Å². The van der Waals surface area contributed by atoms with Crippen molar-refractivity contribution in [3.63, 3.8) is 0 Å². The van der Waals surface area contributed by atoms with Gasteiger partial charge in [0.2, 0.25) is 0 Å². The quantitative estimate of drug-likeness (QED) is 0.846. The number of nitrogens with zero attached hydrogens (tertiary/aromatic N) is 1. The Hall–Kier alpha value is -1.14. The van der Waals surface area contributed by atoms with Crippen LogP contribution in [0, 0.1) is 13.8 Å². The highest BCUT2D eigenvalue weighted by Gasteiger charge is 2.15. The van der Waals surface area contributed by atoms with E-state index >= 15 is 0 Å².